The van der Waals surface area contributed by atoms with Gasteiger partial charge in [0.15, 0.2) is 0 Å². The number of benzene rings is 1. The number of nitrogens with zero attached hydrogens (tertiary/aromatic N) is 2. The zero-order chi connectivity index (χ0) is 15.1. The van der Waals surface area contributed by atoms with E-state index >= 15 is 0 Å². The normalized spacial score (nSPS) is 10.4. The standard InChI is InChI=1S/C15H18F2N4/c1-2-3-4-8-18-13-9-14(20-10-19-13)21-15-11(16)6-5-7-12(15)17/h5-7,9-10H,2-4,8H2,1H3,(H2,18,19,20,21). The maximum absolute atomic E-state index is 13.6. The SMILES string of the molecule is CCCCCNc1cc(Nc2c(F)cccc2F)ncn1. The minimum Gasteiger partial charge on any atom is -0.370 e. The van der Waals surface area contributed by atoms with Crippen molar-refractivity contribution in [2.75, 3.05) is 17.2 Å². The summed E-state index contributed by atoms with van der Waals surface area (Å²) < 4.78 is 27.1. The highest BCUT2D eigenvalue weighted by Gasteiger charge is 2.09. The van der Waals surface area contributed by atoms with E-state index in [-0.39, 0.29) is 5.69 Å². The number of halogens is 2. The van der Waals surface area contributed by atoms with E-state index in [0.717, 1.165) is 25.8 Å². The van der Waals surface area contributed by atoms with Crippen molar-refractivity contribution in [3.05, 3.63) is 42.2 Å². The van der Waals surface area contributed by atoms with Gasteiger partial charge >= 0.3 is 0 Å². The Balaban J connectivity index is 2.04. The molecule has 0 amide bonds. The van der Waals surface area contributed by atoms with E-state index in [1.165, 1.54) is 24.5 Å². The third-order valence-corrected chi connectivity index (χ3v) is 2.97. The van der Waals surface area contributed by atoms with Crippen LogP contribution in [0.5, 0.6) is 0 Å². The first-order chi connectivity index (χ1) is 10.2. The molecule has 4 nitrogen and oxygen atoms in total. The lowest BCUT2D eigenvalue weighted by Gasteiger charge is -2.09. The Morgan fingerprint density at radius 2 is 1.76 bits per heavy atom. The number of aromatic nitrogens is 2. The van der Waals surface area contributed by atoms with Crippen LogP contribution in [0.2, 0.25) is 0 Å². The monoisotopic (exact) mass is 292 g/mol. The maximum Gasteiger partial charge on any atom is 0.149 e. The zero-order valence-corrected chi connectivity index (χ0v) is 11.9. The van der Waals surface area contributed by atoms with Crippen molar-refractivity contribution in [1.82, 2.24) is 9.97 Å². The summed E-state index contributed by atoms with van der Waals surface area (Å²) in [7, 11) is 0. The quantitative estimate of drug-likeness (QED) is 0.754. The van der Waals surface area contributed by atoms with Crippen LogP contribution in [0.25, 0.3) is 0 Å². The summed E-state index contributed by atoms with van der Waals surface area (Å²) in [5, 5.41) is 5.80. The highest BCUT2D eigenvalue weighted by Crippen LogP contribution is 2.22. The first-order valence-electron chi connectivity index (χ1n) is 6.97. The van der Waals surface area contributed by atoms with Gasteiger partial charge in [0.2, 0.25) is 0 Å². The molecule has 0 unspecified atom stereocenters. The predicted octanol–water partition coefficient (Wildman–Crippen LogP) is 4.10. The lowest BCUT2D eigenvalue weighted by atomic mass is 10.2. The summed E-state index contributed by atoms with van der Waals surface area (Å²) in [6.07, 6.45) is 4.68. The van der Waals surface area contributed by atoms with E-state index in [4.69, 9.17) is 0 Å². The topological polar surface area (TPSA) is 49.8 Å². The Kier molecular flexibility index (Phi) is 5.43. The predicted molar refractivity (Wildman–Crippen MR) is 79.7 cm³/mol. The molecule has 2 rings (SSSR count). The molecule has 2 N–H and O–H groups in total. The molecule has 0 fully saturated rings. The number of rotatable bonds is 7. The fraction of sp³-hybridized carbons (Fsp3) is 0.333. The van der Waals surface area contributed by atoms with Crippen LogP contribution >= 0.6 is 0 Å². The van der Waals surface area contributed by atoms with Gasteiger partial charge in [0, 0.05) is 12.6 Å². The molecule has 0 bridgehead atoms. The van der Waals surface area contributed by atoms with Gasteiger partial charge in [0.05, 0.1) is 0 Å². The fourth-order valence-electron chi connectivity index (χ4n) is 1.86. The van der Waals surface area contributed by atoms with Gasteiger partial charge in [0.1, 0.15) is 35.3 Å². The van der Waals surface area contributed by atoms with Crippen molar-refractivity contribution in [3.8, 4) is 0 Å². The molecule has 21 heavy (non-hydrogen) atoms. The molecule has 112 valence electrons. The molecule has 0 aliphatic heterocycles. The van der Waals surface area contributed by atoms with Crippen molar-refractivity contribution in [2.45, 2.75) is 26.2 Å². The minimum atomic E-state index is -0.661. The Morgan fingerprint density at radius 3 is 2.48 bits per heavy atom. The van der Waals surface area contributed by atoms with Crippen LogP contribution in [0.4, 0.5) is 26.1 Å². The van der Waals surface area contributed by atoms with E-state index in [2.05, 4.69) is 27.5 Å². The third kappa shape index (κ3) is 4.37. The van der Waals surface area contributed by atoms with Crippen LogP contribution < -0.4 is 10.6 Å². The smallest absolute Gasteiger partial charge is 0.149 e. The summed E-state index contributed by atoms with van der Waals surface area (Å²) in [5.41, 5.74) is -0.215. The van der Waals surface area contributed by atoms with Crippen LogP contribution in [0, 0.1) is 11.6 Å². The van der Waals surface area contributed by atoms with E-state index in [9.17, 15) is 8.78 Å². The first kappa shape index (κ1) is 15.2. The van der Waals surface area contributed by atoms with Gasteiger partial charge in [-0.2, -0.15) is 0 Å². The van der Waals surface area contributed by atoms with Crippen LogP contribution in [-0.4, -0.2) is 16.5 Å². The van der Waals surface area contributed by atoms with Crippen LogP contribution in [0.15, 0.2) is 30.6 Å². The summed E-state index contributed by atoms with van der Waals surface area (Å²) in [4.78, 5) is 8.04. The van der Waals surface area contributed by atoms with Crippen molar-refractivity contribution >= 4 is 17.3 Å². The second-order valence-electron chi connectivity index (χ2n) is 4.64. The van der Waals surface area contributed by atoms with Crippen molar-refractivity contribution < 1.29 is 8.78 Å². The number of anilines is 3. The number of nitrogens with one attached hydrogen (secondary N) is 2. The molecule has 0 spiro atoms. The average molecular weight is 292 g/mol. The summed E-state index contributed by atoms with van der Waals surface area (Å²) in [6, 6.07) is 5.32. The van der Waals surface area contributed by atoms with Gasteiger partial charge < -0.3 is 10.6 Å². The van der Waals surface area contributed by atoms with E-state index in [1.807, 2.05) is 0 Å². The Hall–Kier alpha value is -2.24. The third-order valence-electron chi connectivity index (χ3n) is 2.97. The lowest BCUT2D eigenvalue weighted by Crippen LogP contribution is -2.05. The van der Waals surface area contributed by atoms with E-state index in [1.54, 1.807) is 6.07 Å². The molecule has 0 saturated carbocycles. The molecule has 2 aromatic rings. The van der Waals surface area contributed by atoms with E-state index < -0.39 is 11.6 Å². The summed E-state index contributed by atoms with van der Waals surface area (Å²) in [6.45, 7) is 2.94. The molecule has 0 radical (unpaired) electrons. The second-order valence-corrected chi connectivity index (χ2v) is 4.64. The lowest BCUT2D eigenvalue weighted by molar-refractivity contribution is 0.590. The van der Waals surface area contributed by atoms with Gasteiger partial charge in [0.25, 0.3) is 0 Å². The van der Waals surface area contributed by atoms with Crippen molar-refractivity contribution in [3.63, 3.8) is 0 Å². The summed E-state index contributed by atoms with van der Waals surface area (Å²) >= 11 is 0. The van der Waals surface area contributed by atoms with Gasteiger partial charge in [-0.25, -0.2) is 18.7 Å². The number of para-hydroxylation sites is 1. The van der Waals surface area contributed by atoms with Gasteiger partial charge in [-0.15, -0.1) is 0 Å². The van der Waals surface area contributed by atoms with Crippen LogP contribution in [0.3, 0.4) is 0 Å². The molecule has 0 aliphatic carbocycles. The Labute approximate surface area is 122 Å². The second kappa shape index (κ2) is 7.52. The molecular weight excluding hydrogens is 274 g/mol. The highest BCUT2D eigenvalue weighted by molar-refractivity contribution is 5.59. The number of unbranched alkanes of at least 4 members (excludes halogenated alkanes) is 2. The fourth-order valence-corrected chi connectivity index (χ4v) is 1.86. The van der Waals surface area contributed by atoms with Gasteiger partial charge in [-0.05, 0) is 18.6 Å². The molecule has 0 atom stereocenters. The van der Waals surface area contributed by atoms with Gasteiger partial charge in [-0.3, -0.25) is 0 Å². The largest absolute Gasteiger partial charge is 0.370 e. The first-order valence-corrected chi connectivity index (χ1v) is 6.97. The Morgan fingerprint density at radius 1 is 1.05 bits per heavy atom. The molecule has 1 heterocycles. The molecule has 1 aromatic carbocycles. The molecule has 0 saturated heterocycles. The minimum absolute atomic E-state index is 0.215. The summed E-state index contributed by atoms with van der Waals surface area (Å²) in [5.74, 6) is -0.357. The molecule has 1 aromatic heterocycles. The maximum atomic E-state index is 13.6. The highest BCUT2D eigenvalue weighted by atomic mass is 19.1. The number of hydrogen-bond acceptors (Lipinski definition) is 4. The van der Waals surface area contributed by atoms with Gasteiger partial charge in [-0.1, -0.05) is 25.8 Å². The van der Waals surface area contributed by atoms with Crippen LogP contribution in [-0.2, 0) is 0 Å². The molecule has 6 heteroatoms. The molecule has 0 aliphatic rings. The van der Waals surface area contributed by atoms with Crippen molar-refractivity contribution in [1.29, 1.82) is 0 Å². The molecular formula is C15H18F2N4. The van der Waals surface area contributed by atoms with Crippen molar-refractivity contribution in [2.24, 2.45) is 0 Å². The van der Waals surface area contributed by atoms with Crippen LogP contribution in [0.1, 0.15) is 26.2 Å². The average Bonchev–Trinajstić information content (AvgIpc) is 2.48. The Bertz CT molecular complexity index is 569. The zero-order valence-electron chi connectivity index (χ0n) is 11.9. The van der Waals surface area contributed by atoms with E-state index in [0.29, 0.717) is 11.6 Å². The number of hydrogen-bond donors (Lipinski definition) is 2.